The van der Waals surface area contributed by atoms with Gasteiger partial charge in [-0.15, -0.1) is 0 Å². The van der Waals surface area contributed by atoms with Crippen molar-refractivity contribution in [3.05, 3.63) is 29.8 Å². The zero-order valence-corrected chi connectivity index (χ0v) is 14.3. The molecule has 22 heavy (non-hydrogen) atoms. The van der Waals surface area contributed by atoms with Gasteiger partial charge in [-0.05, 0) is 49.1 Å². The molecule has 0 radical (unpaired) electrons. The average molecular weight is 344 g/mol. The second-order valence-electron chi connectivity index (χ2n) is 4.56. The molecule has 0 aliphatic carbocycles. The zero-order valence-electron chi connectivity index (χ0n) is 12.6. The molecule has 0 heterocycles. The van der Waals surface area contributed by atoms with Gasteiger partial charge in [0.05, 0.1) is 5.92 Å². The minimum Gasteiger partial charge on any atom is -0.508 e. The molecule has 0 saturated heterocycles. The normalized spacial score (nSPS) is 10.7. The Balaban J connectivity index is 0.000000980. The number of aromatic hydroxyl groups is 1. The van der Waals surface area contributed by atoms with Crippen LogP contribution in [0.25, 0.3) is 0 Å². The Morgan fingerprint density at radius 3 is 2.14 bits per heavy atom. The molecule has 122 valence electrons. The maximum absolute atomic E-state index is 11.6. The summed E-state index contributed by atoms with van der Waals surface area (Å²) in [5.74, 6) is -0.198. The number of carbonyl (C=O) groups excluding carboxylic acids is 1. The number of hydrogen-bond donors (Lipinski definition) is 3. The number of rotatable bonds is 4. The van der Waals surface area contributed by atoms with E-state index in [2.05, 4.69) is 18.0 Å². The van der Waals surface area contributed by atoms with Crippen molar-refractivity contribution < 1.29 is 19.7 Å². The zero-order chi connectivity index (χ0) is 17.3. The number of ether oxygens (including phenoxy) is 1. The van der Waals surface area contributed by atoms with Crippen LogP contribution in [0.1, 0.15) is 18.4 Å². The monoisotopic (exact) mass is 344 g/mol. The molecule has 1 atom stereocenters. The van der Waals surface area contributed by atoms with Gasteiger partial charge in [0.2, 0.25) is 0 Å². The van der Waals surface area contributed by atoms with Crippen molar-refractivity contribution in [1.29, 1.82) is 0 Å². The first-order valence-corrected chi connectivity index (χ1v) is 7.08. The number of nitrogens with zero attached hydrogens (tertiary/aromatic N) is 1. The smallest absolute Gasteiger partial charge is 0.258 e. The summed E-state index contributed by atoms with van der Waals surface area (Å²) in [7, 11) is 3.57. The number of hydrogen-bond acceptors (Lipinski definition) is 5. The third kappa shape index (κ3) is 8.38. The van der Waals surface area contributed by atoms with E-state index in [-0.39, 0.29) is 24.1 Å². The molecule has 0 bridgehead atoms. The lowest BCUT2D eigenvalue weighted by Gasteiger charge is -2.19. The van der Waals surface area contributed by atoms with Crippen molar-refractivity contribution >= 4 is 40.6 Å². The van der Waals surface area contributed by atoms with Crippen molar-refractivity contribution in [3.8, 4) is 5.75 Å². The predicted molar refractivity (Wildman–Crippen MR) is 93.2 cm³/mol. The van der Waals surface area contributed by atoms with E-state index in [1.165, 1.54) is 6.92 Å². The topological polar surface area (TPSA) is 96.0 Å². The molecule has 0 aliphatic heterocycles. The number of carbonyl (C=O) groups is 1. The van der Waals surface area contributed by atoms with E-state index in [4.69, 9.17) is 22.1 Å². The van der Waals surface area contributed by atoms with Crippen LogP contribution in [0, 0.1) is 0 Å². The first kappa shape index (κ1) is 20.1. The summed E-state index contributed by atoms with van der Waals surface area (Å²) >= 11 is 8.88. The minimum atomic E-state index is -0.500. The minimum absolute atomic E-state index is 0.00208. The Morgan fingerprint density at radius 2 is 1.77 bits per heavy atom. The van der Waals surface area contributed by atoms with Crippen LogP contribution in [0.2, 0.25) is 0 Å². The first-order chi connectivity index (χ1) is 10.1. The molecule has 1 rings (SSSR count). The van der Waals surface area contributed by atoms with Crippen LogP contribution in [0.3, 0.4) is 0 Å². The molecule has 8 heteroatoms. The lowest BCUT2D eigenvalue weighted by atomic mass is 9.96. The Hall–Kier alpha value is -1.93. The Labute approximate surface area is 140 Å². The quantitative estimate of drug-likeness (QED) is 0.711. The molecular weight excluding hydrogens is 324 g/mol. The summed E-state index contributed by atoms with van der Waals surface area (Å²) in [6.45, 7) is 1.72. The highest BCUT2D eigenvalue weighted by atomic mass is 32.1. The van der Waals surface area contributed by atoms with Crippen LogP contribution in [0.5, 0.6) is 5.75 Å². The number of nitrogens with two attached hydrogens (primary N) is 1. The molecule has 4 N–H and O–H groups in total. The van der Waals surface area contributed by atoms with Crippen LogP contribution < -0.4 is 5.73 Å². The summed E-state index contributed by atoms with van der Waals surface area (Å²) in [5, 5.41) is 16.6. The van der Waals surface area contributed by atoms with E-state index >= 15 is 0 Å². The number of thiocarbonyl (C=S) groups is 2. The standard InChI is InChI=1S/C13H17NO3S.CH3NOS/c1-9(15)12(8-17-13(18)14(2)3)10-4-6-11(16)7-5-10;2-1(3)4/h4-7,12,16H,8H2,1-3H3;(H3,2,3,4). The second kappa shape index (κ2) is 9.91. The SMILES string of the molecule is CC(=O)C(COC(=S)N(C)C)c1ccc(O)cc1.NC(O)=S. The second-order valence-corrected chi connectivity index (χ2v) is 5.33. The van der Waals surface area contributed by atoms with Crippen molar-refractivity contribution in [2.45, 2.75) is 12.8 Å². The fourth-order valence-electron chi connectivity index (χ4n) is 1.44. The first-order valence-electron chi connectivity index (χ1n) is 6.27. The van der Waals surface area contributed by atoms with Crippen LogP contribution >= 0.6 is 24.4 Å². The van der Waals surface area contributed by atoms with Gasteiger partial charge in [-0.25, -0.2) is 0 Å². The molecule has 1 unspecified atom stereocenters. The van der Waals surface area contributed by atoms with Crippen LogP contribution in [0.4, 0.5) is 0 Å². The lowest BCUT2D eigenvalue weighted by molar-refractivity contribution is -0.119. The van der Waals surface area contributed by atoms with E-state index in [0.29, 0.717) is 5.17 Å². The van der Waals surface area contributed by atoms with E-state index in [0.717, 1.165) is 5.56 Å². The highest BCUT2D eigenvalue weighted by Gasteiger charge is 2.18. The molecule has 1 aromatic rings. The third-order valence-electron chi connectivity index (χ3n) is 2.52. The Kier molecular flexibility index (Phi) is 9.04. The average Bonchev–Trinajstić information content (AvgIpc) is 2.39. The molecule has 0 aliphatic rings. The number of aliphatic hydroxyl groups is 1. The highest BCUT2D eigenvalue weighted by Crippen LogP contribution is 2.20. The van der Waals surface area contributed by atoms with Gasteiger partial charge >= 0.3 is 0 Å². The van der Waals surface area contributed by atoms with Crippen LogP contribution in [0.15, 0.2) is 24.3 Å². The lowest BCUT2D eigenvalue weighted by Crippen LogP contribution is -2.26. The van der Waals surface area contributed by atoms with Crippen molar-refractivity contribution in [1.82, 2.24) is 4.90 Å². The number of ketones is 1. The van der Waals surface area contributed by atoms with Gasteiger partial charge in [0, 0.05) is 14.1 Å². The van der Waals surface area contributed by atoms with Gasteiger partial charge in [0.25, 0.3) is 10.3 Å². The molecule has 0 saturated carbocycles. The van der Waals surface area contributed by atoms with Crippen molar-refractivity contribution in [2.75, 3.05) is 20.7 Å². The summed E-state index contributed by atoms with van der Waals surface area (Å²) < 4.78 is 5.39. The summed E-state index contributed by atoms with van der Waals surface area (Å²) in [6.07, 6.45) is 0. The molecular formula is C14H20N2O4S2. The van der Waals surface area contributed by atoms with E-state index in [1.807, 2.05) is 0 Å². The predicted octanol–water partition coefficient (Wildman–Crippen LogP) is 1.72. The maximum atomic E-state index is 11.6. The molecule has 6 nitrogen and oxygen atoms in total. The van der Waals surface area contributed by atoms with Gasteiger partial charge in [0.15, 0.2) is 0 Å². The van der Waals surface area contributed by atoms with Crippen LogP contribution in [-0.4, -0.2) is 51.9 Å². The van der Waals surface area contributed by atoms with Gasteiger partial charge in [-0.2, -0.15) is 0 Å². The fourth-order valence-corrected chi connectivity index (χ4v) is 1.51. The third-order valence-corrected chi connectivity index (χ3v) is 3.01. The number of benzene rings is 1. The van der Waals surface area contributed by atoms with Gasteiger partial charge in [0.1, 0.15) is 18.1 Å². The fraction of sp³-hybridized carbons (Fsp3) is 0.357. The number of Topliss-reactive ketones (excluding diaryl/α,β-unsaturated/α-hetero) is 1. The highest BCUT2D eigenvalue weighted by molar-refractivity contribution is 7.80. The molecule has 0 amide bonds. The van der Waals surface area contributed by atoms with Gasteiger partial charge in [-0.1, -0.05) is 12.1 Å². The summed E-state index contributed by atoms with van der Waals surface area (Å²) in [5.41, 5.74) is 5.21. The van der Waals surface area contributed by atoms with Crippen LogP contribution in [-0.2, 0) is 9.53 Å². The molecule has 0 spiro atoms. The number of phenolic OH excluding ortho intramolecular Hbond substituents is 1. The Bertz CT molecular complexity index is 514. The molecule has 0 fully saturated rings. The number of phenols is 1. The maximum Gasteiger partial charge on any atom is 0.258 e. The van der Waals surface area contributed by atoms with E-state index < -0.39 is 5.17 Å². The van der Waals surface area contributed by atoms with Crippen molar-refractivity contribution in [2.24, 2.45) is 5.73 Å². The van der Waals surface area contributed by atoms with Gasteiger partial charge < -0.3 is 25.6 Å². The molecule has 0 aromatic heterocycles. The molecule has 1 aromatic carbocycles. The number of aliphatic hydroxyl groups excluding tert-OH is 1. The summed E-state index contributed by atoms with van der Waals surface area (Å²) in [4.78, 5) is 13.3. The van der Waals surface area contributed by atoms with Crippen molar-refractivity contribution in [3.63, 3.8) is 0 Å². The Morgan fingerprint density at radius 1 is 1.32 bits per heavy atom. The van der Waals surface area contributed by atoms with E-state index in [9.17, 15) is 9.90 Å². The summed E-state index contributed by atoms with van der Waals surface area (Å²) in [6, 6.07) is 6.53. The largest absolute Gasteiger partial charge is 0.508 e. The van der Waals surface area contributed by atoms with E-state index in [1.54, 1.807) is 43.3 Å². The van der Waals surface area contributed by atoms with Gasteiger partial charge in [-0.3, -0.25) is 4.79 Å².